The summed E-state index contributed by atoms with van der Waals surface area (Å²) in [6, 6.07) is 7.67. The second kappa shape index (κ2) is 7.68. The quantitative estimate of drug-likeness (QED) is 0.745. The summed E-state index contributed by atoms with van der Waals surface area (Å²) >= 11 is 0. The van der Waals surface area contributed by atoms with E-state index in [-0.39, 0.29) is 6.03 Å². The molecule has 0 unspecified atom stereocenters. The number of hydrogen-bond acceptors (Lipinski definition) is 2. The van der Waals surface area contributed by atoms with Gasteiger partial charge in [-0.25, -0.2) is 4.79 Å². The zero-order chi connectivity index (χ0) is 12.5. The molecule has 4 heteroatoms. The maximum absolute atomic E-state index is 11.5. The molecule has 0 saturated carbocycles. The molecule has 0 heterocycles. The molecular formula is C13H20N2O2. The van der Waals surface area contributed by atoms with Crippen LogP contribution in [0, 0.1) is 0 Å². The molecule has 0 fully saturated rings. The molecular weight excluding hydrogens is 216 g/mol. The first-order valence-corrected chi connectivity index (χ1v) is 5.89. The number of nitrogens with one attached hydrogen (secondary N) is 2. The van der Waals surface area contributed by atoms with Crippen LogP contribution < -0.4 is 10.6 Å². The first-order valence-electron chi connectivity index (χ1n) is 5.89. The number of hydrogen-bond donors (Lipinski definition) is 2. The van der Waals surface area contributed by atoms with Crippen LogP contribution in [0.2, 0.25) is 0 Å². The van der Waals surface area contributed by atoms with Crippen LogP contribution in [0.3, 0.4) is 0 Å². The fraction of sp³-hybridized carbons (Fsp3) is 0.462. The van der Waals surface area contributed by atoms with Crippen LogP contribution in [0.25, 0.3) is 0 Å². The van der Waals surface area contributed by atoms with Crippen molar-refractivity contribution in [3.8, 4) is 0 Å². The third-order valence-electron chi connectivity index (χ3n) is 2.43. The lowest BCUT2D eigenvalue weighted by atomic mass is 10.1. The molecule has 2 amide bonds. The highest BCUT2D eigenvalue weighted by Gasteiger charge is 2.00. The van der Waals surface area contributed by atoms with Gasteiger partial charge in [-0.2, -0.15) is 0 Å². The molecule has 1 aromatic carbocycles. The molecule has 0 saturated heterocycles. The molecule has 4 nitrogen and oxygen atoms in total. The van der Waals surface area contributed by atoms with Gasteiger partial charge >= 0.3 is 6.03 Å². The Labute approximate surface area is 102 Å². The largest absolute Gasteiger partial charge is 0.385 e. The SMILES string of the molecule is CCc1ccc(NC(=O)NCCCOC)cc1. The van der Waals surface area contributed by atoms with Gasteiger partial charge in [0.05, 0.1) is 0 Å². The summed E-state index contributed by atoms with van der Waals surface area (Å²) in [6.07, 6.45) is 1.82. The monoisotopic (exact) mass is 236 g/mol. The number of carbonyl (C=O) groups is 1. The van der Waals surface area contributed by atoms with Crippen LogP contribution in [0.4, 0.5) is 10.5 Å². The van der Waals surface area contributed by atoms with Gasteiger partial charge in [-0.05, 0) is 30.5 Å². The predicted molar refractivity (Wildman–Crippen MR) is 69.3 cm³/mol. The van der Waals surface area contributed by atoms with Crippen LogP contribution in [-0.4, -0.2) is 26.3 Å². The van der Waals surface area contributed by atoms with Crippen molar-refractivity contribution < 1.29 is 9.53 Å². The standard InChI is InChI=1S/C13H20N2O2/c1-3-11-5-7-12(8-6-11)15-13(16)14-9-4-10-17-2/h5-8H,3-4,9-10H2,1-2H3,(H2,14,15,16). The molecule has 0 aliphatic heterocycles. The minimum Gasteiger partial charge on any atom is -0.385 e. The Bertz CT molecular complexity index is 336. The molecule has 0 radical (unpaired) electrons. The summed E-state index contributed by atoms with van der Waals surface area (Å²) in [5.74, 6) is 0. The number of ether oxygens (including phenoxy) is 1. The number of carbonyl (C=O) groups excluding carboxylic acids is 1. The van der Waals surface area contributed by atoms with Crippen LogP contribution in [0.1, 0.15) is 18.9 Å². The maximum atomic E-state index is 11.5. The average Bonchev–Trinajstić information content (AvgIpc) is 2.36. The van der Waals surface area contributed by atoms with Gasteiger partial charge in [0, 0.05) is 25.9 Å². The Morgan fingerprint density at radius 2 is 2.00 bits per heavy atom. The fourth-order valence-electron chi connectivity index (χ4n) is 1.42. The first-order chi connectivity index (χ1) is 8.26. The van der Waals surface area contributed by atoms with Crippen molar-refractivity contribution in [2.75, 3.05) is 25.6 Å². The van der Waals surface area contributed by atoms with Gasteiger partial charge in [-0.15, -0.1) is 0 Å². The first kappa shape index (κ1) is 13.5. The van der Waals surface area contributed by atoms with Gasteiger partial charge in [0.15, 0.2) is 0 Å². The number of amides is 2. The molecule has 1 aromatic rings. The lowest BCUT2D eigenvalue weighted by molar-refractivity contribution is 0.194. The van der Waals surface area contributed by atoms with Gasteiger partial charge in [-0.1, -0.05) is 19.1 Å². The molecule has 0 aliphatic rings. The van der Waals surface area contributed by atoms with E-state index in [4.69, 9.17) is 4.74 Å². The van der Waals surface area contributed by atoms with Gasteiger partial charge in [0.25, 0.3) is 0 Å². The van der Waals surface area contributed by atoms with Gasteiger partial charge in [-0.3, -0.25) is 0 Å². The van der Waals surface area contributed by atoms with E-state index in [1.165, 1.54) is 5.56 Å². The summed E-state index contributed by atoms with van der Waals surface area (Å²) in [5, 5.41) is 5.54. The number of urea groups is 1. The van der Waals surface area contributed by atoms with E-state index in [1.807, 2.05) is 24.3 Å². The number of anilines is 1. The molecule has 0 aromatic heterocycles. The minimum atomic E-state index is -0.176. The lowest BCUT2D eigenvalue weighted by Gasteiger charge is -2.07. The topological polar surface area (TPSA) is 50.4 Å². The number of benzene rings is 1. The van der Waals surface area contributed by atoms with Crippen molar-refractivity contribution in [3.63, 3.8) is 0 Å². The number of aryl methyl sites for hydroxylation is 1. The van der Waals surface area contributed by atoms with Crippen LogP contribution in [0.5, 0.6) is 0 Å². The lowest BCUT2D eigenvalue weighted by Crippen LogP contribution is -2.30. The van der Waals surface area contributed by atoms with Crippen molar-refractivity contribution in [2.45, 2.75) is 19.8 Å². The minimum absolute atomic E-state index is 0.176. The van der Waals surface area contributed by atoms with E-state index in [0.29, 0.717) is 13.2 Å². The van der Waals surface area contributed by atoms with E-state index in [2.05, 4.69) is 17.6 Å². The van der Waals surface area contributed by atoms with E-state index >= 15 is 0 Å². The van der Waals surface area contributed by atoms with Crippen molar-refractivity contribution in [1.82, 2.24) is 5.32 Å². The molecule has 0 spiro atoms. The Balaban J connectivity index is 2.29. The normalized spacial score (nSPS) is 10.0. The van der Waals surface area contributed by atoms with E-state index in [1.54, 1.807) is 7.11 Å². The smallest absolute Gasteiger partial charge is 0.319 e. The van der Waals surface area contributed by atoms with E-state index in [9.17, 15) is 4.79 Å². The van der Waals surface area contributed by atoms with E-state index < -0.39 is 0 Å². The second-order valence-electron chi connectivity index (χ2n) is 3.78. The predicted octanol–water partition coefficient (Wildman–Crippen LogP) is 2.41. The highest BCUT2D eigenvalue weighted by Crippen LogP contribution is 2.09. The Morgan fingerprint density at radius 3 is 2.59 bits per heavy atom. The Kier molecular flexibility index (Phi) is 6.10. The molecule has 0 bridgehead atoms. The summed E-state index contributed by atoms with van der Waals surface area (Å²) in [4.78, 5) is 11.5. The van der Waals surface area contributed by atoms with Gasteiger partial charge < -0.3 is 15.4 Å². The van der Waals surface area contributed by atoms with Crippen molar-refractivity contribution >= 4 is 11.7 Å². The molecule has 1 rings (SSSR count). The average molecular weight is 236 g/mol. The highest BCUT2D eigenvalue weighted by atomic mass is 16.5. The van der Waals surface area contributed by atoms with Crippen molar-refractivity contribution in [3.05, 3.63) is 29.8 Å². The van der Waals surface area contributed by atoms with Crippen LogP contribution in [-0.2, 0) is 11.2 Å². The zero-order valence-corrected chi connectivity index (χ0v) is 10.5. The van der Waals surface area contributed by atoms with Gasteiger partial charge in [0.1, 0.15) is 0 Å². The van der Waals surface area contributed by atoms with Crippen LogP contribution >= 0.6 is 0 Å². The third-order valence-corrected chi connectivity index (χ3v) is 2.43. The molecule has 0 atom stereocenters. The number of rotatable bonds is 6. The summed E-state index contributed by atoms with van der Waals surface area (Å²) < 4.78 is 4.90. The highest BCUT2D eigenvalue weighted by molar-refractivity contribution is 5.89. The summed E-state index contributed by atoms with van der Waals surface area (Å²) in [5.41, 5.74) is 2.07. The second-order valence-corrected chi connectivity index (χ2v) is 3.78. The molecule has 2 N–H and O–H groups in total. The fourth-order valence-corrected chi connectivity index (χ4v) is 1.42. The van der Waals surface area contributed by atoms with Crippen molar-refractivity contribution in [1.29, 1.82) is 0 Å². The molecule has 17 heavy (non-hydrogen) atoms. The summed E-state index contributed by atoms with van der Waals surface area (Å²) in [7, 11) is 1.65. The number of methoxy groups -OCH3 is 1. The Morgan fingerprint density at radius 1 is 1.29 bits per heavy atom. The summed E-state index contributed by atoms with van der Waals surface area (Å²) in [6.45, 7) is 3.38. The zero-order valence-electron chi connectivity index (χ0n) is 10.5. The maximum Gasteiger partial charge on any atom is 0.319 e. The molecule has 94 valence electrons. The third kappa shape index (κ3) is 5.36. The molecule has 0 aliphatic carbocycles. The van der Waals surface area contributed by atoms with Crippen molar-refractivity contribution in [2.24, 2.45) is 0 Å². The van der Waals surface area contributed by atoms with E-state index in [0.717, 1.165) is 18.5 Å². The van der Waals surface area contributed by atoms with Crippen LogP contribution in [0.15, 0.2) is 24.3 Å². The van der Waals surface area contributed by atoms with Gasteiger partial charge in [0.2, 0.25) is 0 Å². The Hall–Kier alpha value is -1.55.